The molecule has 130 valence electrons. The lowest BCUT2D eigenvalue weighted by molar-refractivity contribution is 0.0936. The van der Waals surface area contributed by atoms with Crippen molar-refractivity contribution < 1.29 is 14.6 Å². The number of rotatable bonds is 8. The van der Waals surface area contributed by atoms with Crippen molar-refractivity contribution in [1.29, 1.82) is 5.26 Å². The standard InChI is InChI=1S/C20H22N2O3/c1-15(4-3-11-23)22-20(24)18-6-2-5-17(12-18)14-25-19-9-7-16(13-21)8-10-19/h2,5-10,12,15,23H,3-4,11,14H2,1H3,(H,22,24). The van der Waals surface area contributed by atoms with Crippen molar-refractivity contribution in [2.45, 2.75) is 32.4 Å². The summed E-state index contributed by atoms with van der Waals surface area (Å²) >= 11 is 0. The van der Waals surface area contributed by atoms with Gasteiger partial charge in [0.25, 0.3) is 5.91 Å². The molecule has 2 N–H and O–H groups in total. The highest BCUT2D eigenvalue weighted by atomic mass is 16.5. The summed E-state index contributed by atoms with van der Waals surface area (Å²) < 4.78 is 5.69. The van der Waals surface area contributed by atoms with E-state index < -0.39 is 0 Å². The van der Waals surface area contributed by atoms with Crippen LogP contribution in [0.1, 0.15) is 41.3 Å². The first-order valence-electron chi connectivity index (χ1n) is 8.26. The summed E-state index contributed by atoms with van der Waals surface area (Å²) in [7, 11) is 0. The van der Waals surface area contributed by atoms with E-state index in [9.17, 15) is 4.79 Å². The second-order valence-corrected chi connectivity index (χ2v) is 5.87. The summed E-state index contributed by atoms with van der Waals surface area (Å²) in [5.74, 6) is 0.539. The van der Waals surface area contributed by atoms with Crippen molar-refractivity contribution in [2.24, 2.45) is 0 Å². The molecule has 5 heteroatoms. The van der Waals surface area contributed by atoms with Gasteiger partial charge in [0, 0.05) is 18.2 Å². The zero-order valence-electron chi connectivity index (χ0n) is 14.2. The third-order valence-corrected chi connectivity index (χ3v) is 3.75. The van der Waals surface area contributed by atoms with Gasteiger partial charge < -0.3 is 15.2 Å². The highest BCUT2D eigenvalue weighted by Gasteiger charge is 2.10. The molecule has 0 aliphatic rings. The number of ether oxygens (including phenoxy) is 1. The van der Waals surface area contributed by atoms with E-state index in [1.54, 1.807) is 36.4 Å². The van der Waals surface area contributed by atoms with Crippen molar-refractivity contribution in [3.63, 3.8) is 0 Å². The largest absolute Gasteiger partial charge is 0.489 e. The Morgan fingerprint density at radius 3 is 2.72 bits per heavy atom. The quantitative estimate of drug-likeness (QED) is 0.775. The van der Waals surface area contributed by atoms with E-state index in [0.29, 0.717) is 29.9 Å². The molecule has 1 amide bonds. The van der Waals surface area contributed by atoms with Crippen molar-refractivity contribution in [1.82, 2.24) is 5.32 Å². The van der Waals surface area contributed by atoms with E-state index in [0.717, 1.165) is 12.0 Å². The lowest BCUT2D eigenvalue weighted by Crippen LogP contribution is -2.32. The van der Waals surface area contributed by atoms with E-state index in [4.69, 9.17) is 15.1 Å². The molecule has 0 aliphatic carbocycles. The van der Waals surface area contributed by atoms with Crippen LogP contribution in [-0.4, -0.2) is 23.7 Å². The predicted molar refractivity (Wildman–Crippen MR) is 95.2 cm³/mol. The fourth-order valence-electron chi connectivity index (χ4n) is 2.37. The van der Waals surface area contributed by atoms with Crippen LogP contribution in [0, 0.1) is 11.3 Å². The molecule has 0 radical (unpaired) electrons. The van der Waals surface area contributed by atoms with Crippen molar-refractivity contribution in [2.75, 3.05) is 6.61 Å². The highest BCUT2D eigenvalue weighted by molar-refractivity contribution is 5.94. The van der Waals surface area contributed by atoms with Crippen LogP contribution in [0.2, 0.25) is 0 Å². The Morgan fingerprint density at radius 1 is 1.28 bits per heavy atom. The van der Waals surface area contributed by atoms with Crippen LogP contribution in [0.15, 0.2) is 48.5 Å². The molecule has 25 heavy (non-hydrogen) atoms. The molecule has 0 fully saturated rings. The predicted octanol–water partition coefficient (Wildman–Crippen LogP) is 3.03. The van der Waals surface area contributed by atoms with Crippen LogP contribution < -0.4 is 10.1 Å². The molecule has 0 spiro atoms. The molecule has 1 unspecified atom stereocenters. The average molecular weight is 338 g/mol. The molecular formula is C20H22N2O3. The average Bonchev–Trinajstić information content (AvgIpc) is 2.65. The topological polar surface area (TPSA) is 82.3 Å². The molecule has 0 heterocycles. The van der Waals surface area contributed by atoms with Gasteiger partial charge in [-0.25, -0.2) is 0 Å². The maximum absolute atomic E-state index is 12.3. The fraction of sp³-hybridized carbons (Fsp3) is 0.300. The number of nitrogens with one attached hydrogen (secondary N) is 1. The van der Waals surface area contributed by atoms with E-state index >= 15 is 0 Å². The Morgan fingerprint density at radius 2 is 2.04 bits per heavy atom. The van der Waals surface area contributed by atoms with E-state index in [1.807, 2.05) is 19.1 Å². The Kier molecular flexibility index (Phi) is 7.00. The normalized spacial score (nSPS) is 11.4. The fourth-order valence-corrected chi connectivity index (χ4v) is 2.37. The Hall–Kier alpha value is -2.84. The zero-order chi connectivity index (χ0) is 18.1. The Balaban J connectivity index is 1.93. The molecule has 0 aromatic heterocycles. The van der Waals surface area contributed by atoms with E-state index in [-0.39, 0.29) is 18.6 Å². The number of aliphatic hydroxyl groups is 1. The van der Waals surface area contributed by atoms with Gasteiger partial charge in [-0.1, -0.05) is 12.1 Å². The second-order valence-electron chi connectivity index (χ2n) is 5.87. The summed E-state index contributed by atoms with van der Waals surface area (Å²) in [6.07, 6.45) is 1.41. The number of nitrogens with zero attached hydrogens (tertiary/aromatic N) is 1. The minimum absolute atomic E-state index is 0.0122. The van der Waals surface area contributed by atoms with E-state index in [1.165, 1.54) is 0 Å². The van der Waals surface area contributed by atoms with E-state index in [2.05, 4.69) is 11.4 Å². The van der Waals surface area contributed by atoms with Crippen molar-refractivity contribution in [3.8, 4) is 11.8 Å². The van der Waals surface area contributed by atoms with Crippen LogP contribution >= 0.6 is 0 Å². The van der Waals surface area contributed by atoms with Crippen LogP contribution in [-0.2, 0) is 6.61 Å². The number of amides is 1. The number of nitriles is 1. The molecule has 0 saturated carbocycles. The summed E-state index contributed by atoms with van der Waals surface area (Å²) in [4.78, 5) is 12.3. The lowest BCUT2D eigenvalue weighted by Gasteiger charge is -2.14. The van der Waals surface area contributed by atoms with Crippen LogP contribution in [0.3, 0.4) is 0 Å². The van der Waals surface area contributed by atoms with Crippen LogP contribution in [0.4, 0.5) is 0 Å². The Labute approximate surface area is 147 Å². The molecule has 5 nitrogen and oxygen atoms in total. The summed E-state index contributed by atoms with van der Waals surface area (Å²) in [5.41, 5.74) is 2.05. The highest BCUT2D eigenvalue weighted by Crippen LogP contribution is 2.14. The molecule has 0 saturated heterocycles. The van der Waals surface area contributed by atoms with Crippen LogP contribution in [0.25, 0.3) is 0 Å². The smallest absolute Gasteiger partial charge is 0.251 e. The lowest BCUT2D eigenvalue weighted by atomic mass is 10.1. The molecule has 2 aromatic rings. The first-order valence-corrected chi connectivity index (χ1v) is 8.26. The molecule has 0 bridgehead atoms. The van der Waals surface area contributed by atoms with Gasteiger partial charge in [0.1, 0.15) is 12.4 Å². The number of carbonyl (C=O) groups excluding carboxylic acids is 1. The molecule has 1 atom stereocenters. The maximum atomic E-state index is 12.3. The van der Waals surface area contributed by atoms with Gasteiger partial charge in [0.2, 0.25) is 0 Å². The summed E-state index contributed by atoms with van der Waals surface area (Å²) in [6, 6.07) is 16.3. The Bertz CT molecular complexity index is 735. The second kappa shape index (κ2) is 9.45. The zero-order valence-corrected chi connectivity index (χ0v) is 14.2. The van der Waals surface area contributed by atoms with Gasteiger partial charge >= 0.3 is 0 Å². The van der Waals surface area contributed by atoms with Crippen molar-refractivity contribution >= 4 is 5.91 Å². The van der Waals surface area contributed by atoms with Gasteiger partial charge in [0.05, 0.1) is 11.6 Å². The first-order chi connectivity index (χ1) is 12.1. The van der Waals surface area contributed by atoms with Gasteiger partial charge in [-0.3, -0.25) is 4.79 Å². The van der Waals surface area contributed by atoms with Gasteiger partial charge in [-0.05, 0) is 61.7 Å². The monoisotopic (exact) mass is 338 g/mol. The third kappa shape index (κ3) is 5.94. The number of aliphatic hydroxyl groups excluding tert-OH is 1. The summed E-state index contributed by atoms with van der Waals surface area (Å²) in [5, 5.41) is 20.6. The summed E-state index contributed by atoms with van der Waals surface area (Å²) in [6.45, 7) is 2.39. The number of hydrogen-bond acceptors (Lipinski definition) is 4. The molecule has 2 rings (SSSR count). The van der Waals surface area contributed by atoms with Gasteiger partial charge in [0.15, 0.2) is 0 Å². The number of benzene rings is 2. The number of hydrogen-bond donors (Lipinski definition) is 2. The van der Waals surface area contributed by atoms with Crippen LogP contribution in [0.5, 0.6) is 5.75 Å². The van der Waals surface area contributed by atoms with Crippen molar-refractivity contribution in [3.05, 3.63) is 65.2 Å². The first kappa shape index (κ1) is 18.5. The molecular weight excluding hydrogens is 316 g/mol. The SMILES string of the molecule is CC(CCCO)NC(=O)c1cccc(COc2ccc(C#N)cc2)c1. The van der Waals surface area contributed by atoms with Gasteiger partial charge in [-0.15, -0.1) is 0 Å². The third-order valence-electron chi connectivity index (χ3n) is 3.75. The minimum atomic E-state index is -0.134. The molecule has 2 aromatic carbocycles. The number of carbonyl (C=O) groups is 1. The van der Waals surface area contributed by atoms with Gasteiger partial charge in [-0.2, -0.15) is 5.26 Å². The maximum Gasteiger partial charge on any atom is 0.251 e. The minimum Gasteiger partial charge on any atom is -0.489 e. The molecule has 0 aliphatic heterocycles.